The molecule has 108 valence electrons. The van der Waals surface area contributed by atoms with Gasteiger partial charge < -0.3 is 10.2 Å². The van der Waals surface area contributed by atoms with Crippen molar-refractivity contribution in [1.82, 2.24) is 10.2 Å². The highest BCUT2D eigenvalue weighted by Gasteiger charge is 2.36. The van der Waals surface area contributed by atoms with Gasteiger partial charge >= 0.3 is 0 Å². The van der Waals surface area contributed by atoms with Crippen LogP contribution in [-0.4, -0.2) is 29.3 Å². The number of hydrogen-bond donors (Lipinski definition) is 1. The number of hydrogen-bond acceptors (Lipinski definition) is 2. The molecule has 2 amide bonds. The third-order valence-electron chi connectivity index (χ3n) is 3.31. The van der Waals surface area contributed by atoms with Gasteiger partial charge in [0.1, 0.15) is 6.04 Å². The summed E-state index contributed by atoms with van der Waals surface area (Å²) in [6.45, 7) is 4.24. The minimum absolute atomic E-state index is 0.0435. The molecule has 1 aliphatic rings. The van der Waals surface area contributed by atoms with Gasteiger partial charge in [-0.15, -0.1) is 0 Å². The predicted molar refractivity (Wildman–Crippen MR) is 78.6 cm³/mol. The van der Waals surface area contributed by atoms with Crippen LogP contribution < -0.4 is 5.32 Å². The zero-order valence-corrected chi connectivity index (χ0v) is 12.8. The van der Waals surface area contributed by atoms with Gasteiger partial charge in [-0.05, 0) is 23.6 Å². The fourth-order valence-corrected chi connectivity index (χ4v) is 2.67. The highest BCUT2D eigenvalue weighted by molar-refractivity contribution is 6.42. The molecule has 1 N–H and O–H groups in total. The van der Waals surface area contributed by atoms with Crippen LogP contribution in [0.5, 0.6) is 0 Å². The number of piperazine rings is 1. The van der Waals surface area contributed by atoms with Crippen LogP contribution in [0.4, 0.5) is 0 Å². The molecule has 0 saturated carbocycles. The lowest BCUT2D eigenvalue weighted by Gasteiger charge is -2.37. The van der Waals surface area contributed by atoms with E-state index < -0.39 is 6.04 Å². The van der Waals surface area contributed by atoms with E-state index in [9.17, 15) is 9.59 Å². The molecule has 2 rings (SSSR count). The van der Waals surface area contributed by atoms with Crippen molar-refractivity contribution in [3.8, 4) is 0 Å². The van der Waals surface area contributed by atoms with Crippen LogP contribution in [0.3, 0.4) is 0 Å². The average molecular weight is 315 g/mol. The average Bonchev–Trinajstić information content (AvgIpc) is 2.38. The molecule has 1 aliphatic heterocycles. The summed E-state index contributed by atoms with van der Waals surface area (Å²) in [6.07, 6.45) is 0. The topological polar surface area (TPSA) is 49.4 Å². The van der Waals surface area contributed by atoms with E-state index in [0.717, 1.165) is 5.56 Å². The van der Waals surface area contributed by atoms with Gasteiger partial charge in [0, 0.05) is 6.54 Å². The quantitative estimate of drug-likeness (QED) is 0.931. The third-order valence-corrected chi connectivity index (χ3v) is 4.05. The van der Waals surface area contributed by atoms with E-state index in [1.807, 2.05) is 19.9 Å². The van der Waals surface area contributed by atoms with Gasteiger partial charge in [-0.3, -0.25) is 9.59 Å². The Bertz CT molecular complexity index is 546. The van der Waals surface area contributed by atoms with E-state index in [4.69, 9.17) is 23.2 Å². The Kier molecular flexibility index (Phi) is 4.55. The summed E-state index contributed by atoms with van der Waals surface area (Å²) in [5, 5.41) is 3.54. The predicted octanol–water partition coefficient (Wildman–Crippen LogP) is 2.48. The molecule has 0 aliphatic carbocycles. The van der Waals surface area contributed by atoms with Crippen LogP contribution in [-0.2, 0) is 16.1 Å². The molecule has 1 unspecified atom stereocenters. The Morgan fingerprint density at radius 3 is 2.60 bits per heavy atom. The zero-order valence-electron chi connectivity index (χ0n) is 11.3. The molecule has 4 nitrogen and oxygen atoms in total. The van der Waals surface area contributed by atoms with Crippen LogP contribution in [0, 0.1) is 5.92 Å². The number of rotatable bonds is 3. The van der Waals surface area contributed by atoms with Crippen molar-refractivity contribution in [1.29, 1.82) is 0 Å². The van der Waals surface area contributed by atoms with Gasteiger partial charge in [0.05, 0.1) is 16.6 Å². The van der Waals surface area contributed by atoms with Crippen molar-refractivity contribution < 1.29 is 9.59 Å². The number of benzene rings is 1. The maximum atomic E-state index is 12.1. The highest BCUT2D eigenvalue weighted by Crippen LogP contribution is 2.25. The third kappa shape index (κ3) is 3.07. The number of nitrogens with zero attached hydrogens (tertiary/aromatic N) is 1. The maximum Gasteiger partial charge on any atom is 0.243 e. The van der Waals surface area contributed by atoms with Crippen LogP contribution in [0.2, 0.25) is 10.0 Å². The van der Waals surface area contributed by atoms with Crippen molar-refractivity contribution in [2.45, 2.75) is 26.4 Å². The largest absolute Gasteiger partial charge is 0.345 e. The van der Waals surface area contributed by atoms with E-state index in [1.165, 1.54) is 0 Å². The summed E-state index contributed by atoms with van der Waals surface area (Å²) in [4.78, 5) is 25.6. The van der Waals surface area contributed by atoms with Crippen molar-refractivity contribution in [3.63, 3.8) is 0 Å². The Balaban J connectivity index is 2.25. The standard InChI is InChI=1S/C14H16Cl2N2O2/c1-8(2)13-14(20)17-6-12(19)18(13)7-9-3-4-10(15)11(16)5-9/h3-5,8,13H,6-7H2,1-2H3,(H,17,20). The van der Waals surface area contributed by atoms with E-state index in [-0.39, 0.29) is 24.3 Å². The lowest BCUT2D eigenvalue weighted by Crippen LogP contribution is -2.59. The number of amides is 2. The van der Waals surface area contributed by atoms with Gasteiger partial charge in [0.15, 0.2) is 0 Å². The lowest BCUT2D eigenvalue weighted by atomic mass is 9.98. The molecule has 1 aromatic rings. The fraction of sp³-hybridized carbons (Fsp3) is 0.429. The molecular formula is C14H16Cl2N2O2. The SMILES string of the molecule is CC(C)C1C(=O)NCC(=O)N1Cc1ccc(Cl)c(Cl)c1. The summed E-state index contributed by atoms with van der Waals surface area (Å²) in [7, 11) is 0. The summed E-state index contributed by atoms with van der Waals surface area (Å²) in [6, 6.07) is 4.77. The summed E-state index contributed by atoms with van der Waals surface area (Å²) in [5.74, 6) is -0.156. The Labute approximate surface area is 128 Å². The Morgan fingerprint density at radius 2 is 2.00 bits per heavy atom. The van der Waals surface area contributed by atoms with Gasteiger partial charge in [-0.25, -0.2) is 0 Å². The van der Waals surface area contributed by atoms with Crippen molar-refractivity contribution in [2.24, 2.45) is 5.92 Å². The number of halogens is 2. The van der Waals surface area contributed by atoms with Gasteiger partial charge in [0.25, 0.3) is 0 Å². The summed E-state index contributed by atoms with van der Waals surface area (Å²) in [5.41, 5.74) is 0.855. The first-order valence-electron chi connectivity index (χ1n) is 6.41. The van der Waals surface area contributed by atoms with E-state index >= 15 is 0 Å². The number of nitrogens with one attached hydrogen (secondary N) is 1. The van der Waals surface area contributed by atoms with E-state index in [1.54, 1.807) is 17.0 Å². The molecule has 0 radical (unpaired) electrons. The highest BCUT2D eigenvalue weighted by atomic mass is 35.5. The molecule has 1 aromatic carbocycles. The molecular weight excluding hydrogens is 299 g/mol. The van der Waals surface area contributed by atoms with Gasteiger partial charge in [-0.2, -0.15) is 0 Å². The van der Waals surface area contributed by atoms with Crippen LogP contribution >= 0.6 is 23.2 Å². The Morgan fingerprint density at radius 1 is 1.30 bits per heavy atom. The molecule has 0 aromatic heterocycles. The molecule has 1 heterocycles. The first-order chi connectivity index (χ1) is 9.40. The van der Waals surface area contributed by atoms with Crippen LogP contribution in [0.1, 0.15) is 19.4 Å². The number of carbonyl (C=O) groups excluding carboxylic acids is 2. The molecule has 1 atom stereocenters. The monoisotopic (exact) mass is 314 g/mol. The smallest absolute Gasteiger partial charge is 0.243 e. The first-order valence-corrected chi connectivity index (χ1v) is 7.17. The maximum absolute atomic E-state index is 12.1. The number of carbonyl (C=O) groups is 2. The van der Waals surface area contributed by atoms with E-state index in [2.05, 4.69) is 5.32 Å². The molecule has 0 bridgehead atoms. The second-order valence-electron chi connectivity index (χ2n) is 5.18. The van der Waals surface area contributed by atoms with Crippen molar-refractivity contribution >= 4 is 35.0 Å². The molecule has 6 heteroatoms. The van der Waals surface area contributed by atoms with Gasteiger partial charge in [-0.1, -0.05) is 43.1 Å². The summed E-state index contributed by atoms with van der Waals surface area (Å²) >= 11 is 11.9. The Hall–Kier alpha value is -1.26. The van der Waals surface area contributed by atoms with Gasteiger partial charge in [0.2, 0.25) is 11.8 Å². The zero-order chi connectivity index (χ0) is 14.9. The van der Waals surface area contributed by atoms with Crippen molar-refractivity contribution in [3.05, 3.63) is 33.8 Å². The minimum atomic E-state index is -0.453. The molecule has 1 saturated heterocycles. The normalized spacial score (nSPS) is 19.4. The first kappa shape index (κ1) is 15.1. The fourth-order valence-electron chi connectivity index (χ4n) is 2.35. The second-order valence-corrected chi connectivity index (χ2v) is 5.99. The molecule has 20 heavy (non-hydrogen) atoms. The molecule has 1 fully saturated rings. The van der Waals surface area contributed by atoms with Crippen LogP contribution in [0.25, 0.3) is 0 Å². The second kappa shape index (κ2) is 6.02. The minimum Gasteiger partial charge on any atom is -0.345 e. The van der Waals surface area contributed by atoms with E-state index in [0.29, 0.717) is 16.6 Å². The molecule has 0 spiro atoms. The van der Waals surface area contributed by atoms with Crippen LogP contribution in [0.15, 0.2) is 18.2 Å². The lowest BCUT2D eigenvalue weighted by molar-refractivity contribution is -0.148. The summed E-state index contributed by atoms with van der Waals surface area (Å²) < 4.78 is 0. The van der Waals surface area contributed by atoms with Crippen molar-refractivity contribution in [2.75, 3.05) is 6.54 Å².